The van der Waals surface area contributed by atoms with Crippen molar-refractivity contribution in [2.24, 2.45) is 0 Å². The molecule has 0 radical (unpaired) electrons. The van der Waals surface area contributed by atoms with Crippen molar-refractivity contribution in [1.82, 2.24) is 10.6 Å². The van der Waals surface area contributed by atoms with E-state index in [9.17, 15) is 14.4 Å². The van der Waals surface area contributed by atoms with E-state index in [0.717, 1.165) is 0 Å². The normalized spacial score (nSPS) is 10.7. The minimum absolute atomic E-state index is 0.0854. The maximum atomic E-state index is 12.1. The molecule has 0 heterocycles. The molecule has 0 fully saturated rings. The highest BCUT2D eigenvalue weighted by molar-refractivity contribution is 6.32. The van der Waals surface area contributed by atoms with Gasteiger partial charge in [-0.2, -0.15) is 0 Å². The molecule has 0 atom stereocenters. The summed E-state index contributed by atoms with van der Waals surface area (Å²) in [6, 6.07) is 2.06. The van der Waals surface area contributed by atoms with Crippen molar-refractivity contribution in [3.63, 3.8) is 0 Å². The van der Waals surface area contributed by atoms with Crippen LogP contribution in [-0.2, 0) is 9.53 Å². The molecule has 2 N–H and O–H groups in total. The number of hydrogen-bond acceptors (Lipinski definition) is 6. The largest absolute Gasteiger partial charge is 0.493 e. The van der Waals surface area contributed by atoms with Gasteiger partial charge in [-0.15, -0.1) is 0 Å². The molecule has 1 aromatic carbocycles. The summed E-state index contributed by atoms with van der Waals surface area (Å²) in [6.07, 6.45) is 0. The maximum absolute atomic E-state index is 12.1. The molecule has 0 saturated carbocycles. The molecule has 0 spiro atoms. The minimum atomic E-state index is -0.792. The first-order valence-corrected chi connectivity index (χ1v) is 8.24. The molecule has 1 aromatic rings. The van der Waals surface area contributed by atoms with Gasteiger partial charge in [0.1, 0.15) is 0 Å². The van der Waals surface area contributed by atoms with E-state index in [0.29, 0.717) is 12.4 Å². The molecule has 0 saturated heterocycles. The van der Waals surface area contributed by atoms with Crippen LogP contribution in [0.4, 0.5) is 4.79 Å². The van der Waals surface area contributed by atoms with Gasteiger partial charge in [-0.1, -0.05) is 11.6 Å². The fraction of sp³-hybridized carbons (Fsp3) is 0.471. The SMILES string of the molecule is CCOc1c(Cl)cc(C(=O)OCC(=O)NC(=O)NC(C)(C)C)cc1OC. The predicted molar refractivity (Wildman–Crippen MR) is 95.9 cm³/mol. The van der Waals surface area contributed by atoms with Crippen LogP contribution in [0.3, 0.4) is 0 Å². The highest BCUT2D eigenvalue weighted by atomic mass is 35.5. The van der Waals surface area contributed by atoms with Gasteiger partial charge < -0.3 is 19.5 Å². The summed E-state index contributed by atoms with van der Waals surface area (Å²) in [7, 11) is 1.41. The first kappa shape index (κ1) is 21.6. The van der Waals surface area contributed by atoms with Crippen molar-refractivity contribution >= 4 is 29.5 Å². The van der Waals surface area contributed by atoms with E-state index < -0.39 is 30.1 Å². The number of nitrogens with one attached hydrogen (secondary N) is 2. The number of benzene rings is 1. The fourth-order valence-electron chi connectivity index (χ4n) is 1.87. The Balaban J connectivity index is 2.69. The number of methoxy groups -OCH3 is 1. The number of imide groups is 1. The van der Waals surface area contributed by atoms with Gasteiger partial charge in [-0.3, -0.25) is 10.1 Å². The molecule has 0 aromatic heterocycles. The first-order chi connectivity index (χ1) is 12.1. The Morgan fingerprint density at radius 3 is 2.38 bits per heavy atom. The Labute approximate surface area is 157 Å². The van der Waals surface area contributed by atoms with Gasteiger partial charge in [0, 0.05) is 5.54 Å². The minimum Gasteiger partial charge on any atom is -0.493 e. The molecule has 0 aliphatic heterocycles. The number of carbonyl (C=O) groups excluding carboxylic acids is 3. The van der Waals surface area contributed by atoms with E-state index in [1.807, 2.05) is 0 Å². The summed E-state index contributed by atoms with van der Waals surface area (Å²) in [5.41, 5.74) is -0.418. The van der Waals surface area contributed by atoms with Gasteiger partial charge in [-0.05, 0) is 39.8 Å². The Hall–Kier alpha value is -2.48. The standard InChI is InChI=1S/C17H23ClN2O6/c1-6-25-14-11(18)7-10(8-12(14)24-5)15(22)26-9-13(21)19-16(23)20-17(2,3)4/h7-8H,6,9H2,1-5H3,(H2,19,20,21,23). The van der Waals surface area contributed by atoms with Crippen LogP contribution in [0.15, 0.2) is 12.1 Å². The molecule has 0 bridgehead atoms. The monoisotopic (exact) mass is 386 g/mol. The quantitative estimate of drug-likeness (QED) is 0.728. The van der Waals surface area contributed by atoms with Gasteiger partial charge in [0.15, 0.2) is 18.1 Å². The molecular weight excluding hydrogens is 364 g/mol. The lowest BCUT2D eigenvalue weighted by molar-refractivity contribution is -0.123. The lowest BCUT2D eigenvalue weighted by Crippen LogP contribution is -2.49. The summed E-state index contributed by atoms with van der Waals surface area (Å²) < 4.78 is 15.4. The number of urea groups is 1. The van der Waals surface area contributed by atoms with Crippen molar-refractivity contribution in [2.75, 3.05) is 20.3 Å². The van der Waals surface area contributed by atoms with Crippen molar-refractivity contribution < 1.29 is 28.6 Å². The summed E-state index contributed by atoms with van der Waals surface area (Å²) >= 11 is 6.08. The molecule has 0 aliphatic carbocycles. The van der Waals surface area contributed by atoms with Crippen LogP contribution in [-0.4, -0.2) is 43.8 Å². The molecule has 26 heavy (non-hydrogen) atoms. The van der Waals surface area contributed by atoms with Crippen LogP contribution in [0.1, 0.15) is 38.1 Å². The molecule has 0 unspecified atom stereocenters. The fourth-order valence-corrected chi connectivity index (χ4v) is 2.14. The zero-order valence-electron chi connectivity index (χ0n) is 15.4. The van der Waals surface area contributed by atoms with Crippen molar-refractivity contribution in [2.45, 2.75) is 33.2 Å². The molecule has 1 rings (SSSR count). The maximum Gasteiger partial charge on any atom is 0.338 e. The Morgan fingerprint density at radius 2 is 1.85 bits per heavy atom. The van der Waals surface area contributed by atoms with E-state index in [1.165, 1.54) is 19.2 Å². The van der Waals surface area contributed by atoms with E-state index >= 15 is 0 Å². The third-order valence-corrected chi connectivity index (χ3v) is 3.11. The third-order valence-electron chi connectivity index (χ3n) is 2.83. The second kappa shape index (κ2) is 9.28. The molecule has 0 aliphatic rings. The summed E-state index contributed by atoms with van der Waals surface area (Å²) in [4.78, 5) is 35.4. The number of amides is 3. The topological polar surface area (TPSA) is 103 Å². The molecule has 8 nitrogen and oxygen atoms in total. The summed E-state index contributed by atoms with van der Waals surface area (Å²) in [5, 5.41) is 4.79. The zero-order chi connectivity index (χ0) is 19.9. The Kier molecular flexibility index (Phi) is 7.70. The molecule has 3 amide bonds. The van der Waals surface area contributed by atoms with Crippen LogP contribution in [0.2, 0.25) is 5.02 Å². The number of hydrogen-bond donors (Lipinski definition) is 2. The van der Waals surface area contributed by atoms with Crippen molar-refractivity contribution in [3.8, 4) is 11.5 Å². The van der Waals surface area contributed by atoms with Crippen LogP contribution in [0.25, 0.3) is 0 Å². The highest BCUT2D eigenvalue weighted by Crippen LogP contribution is 2.36. The predicted octanol–water partition coefficient (Wildman–Crippen LogP) is 2.53. The van der Waals surface area contributed by atoms with E-state index in [4.69, 9.17) is 25.8 Å². The molecule has 144 valence electrons. The number of rotatable bonds is 6. The lowest BCUT2D eigenvalue weighted by Gasteiger charge is -2.20. The van der Waals surface area contributed by atoms with Crippen LogP contribution < -0.4 is 20.1 Å². The number of ether oxygens (including phenoxy) is 3. The smallest absolute Gasteiger partial charge is 0.338 e. The summed E-state index contributed by atoms with van der Waals surface area (Å²) in [5.74, 6) is -0.978. The Morgan fingerprint density at radius 1 is 1.19 bits per heavy atom. The van der Waals surface area contributed by atoms with Gasteiger partial charge in [0.25, 0.3) is 5.91 Å². The number of carbonyl (C=O) groups is 3. The van der Waals surface area contributed by atoms with Crippen LogP contribution in [0.5, 0.6) is 11.5 Å². The van der Waals surface area contributed by atoms with Gasteiger partial charge >= 0.3 is 12.0 Å². The molecule has 9 heteroatoms. The molecular formula is C17H23ClN2O6. The van der Waals surface area contributed by atoms with Crippen LogP contribution >= 0.6 is 11.6 Å². The average molecular weight is 387 g/mol. The van der Waals surface area contributed by atoms with Gasteiger partial charge in [0.05, 0.1) is 24.3 Å². The van der Waals surface area contributed by atoms with Gasteiger partial charge in [0.2, 0.25) is 0 Å². The van der Waals surface area contributed by atoms with Gasteiger partial charge in [-0.25, -0.2) is 9.59 Å². The third kappa shape index (κ3) is 6.79. The van der Waals surface area contributed by atoms with E-state index in [1.54, 1.807) is 27.7 Å². The number of esters is 1. The van der Waals surface area contributed by atoms with Crippen LogP contribution in [0, 0.1) is 0 Å². The lowest BCUT2D eigenvalue weighted by atomic mass is 10.1. The second-order valence-electron chi connectivity index (χ2n) is 6.25. The van der Waals surface area contributed by atoms with Crippen molar-refractivity contribution in [1.29, 1.82) is 0 Å². The van der Waals surface area contributed by atoms with E-state index in [2.05, 4.69) is 10.6 Å². The highest BCUT2D eigenvalue weighted by Gasteiger charge is 2.19. The van der Waals surface area contributed by atoms with E-state index in [-0.39, 0.29) is 16.3 Å². The number of halogens is 1. The summed E-state index contributed by atoms with van der Waals surface area (Å²) in [6.45, 7) is 6.83. The Bertz CT molecular complexity index is 685. The average Bonchev–Trinajstić information content (AvgIpc) is 2.52. The first-order valence-electron chi connectivity index (χ1n) is 7.86. The zero-order valence-corrected chi connectivity index (χ0v) is 16.2. The second-order valence-corrected chi connectivity index (χ2v) is 6.66. The van der Waals surface area contributed by atoms with Crippen molar-refractivity contribution in [3.05, 3.63) is 22.7 Å².